The minimum atomic E-state index is -4.64. The fourth-order valence-electron chi connectivity index (χ4n) is 3.42. The topological polar surface area (TPSA) is 123 Å². The highest BCUT2D eigenvalue weighted by Gasteiger charge is 2.33. The molecule has 0 radical (unpaired) electrons. The molecule has 0 saturated carbocycles. The van der Waals surface area contributed by atoms with Crippen LogP contribution in [0.15, 0.2) is 55.1 Å². The molecular weight excluding hydrogens is 509 g/mol. The van der Waals surface area contributed by atoms with Gasteiger partial charge in [-0.3, -0.25) is 4.57 Å². The van der Waals surface area contributed by atoms with Crippen LogP contribution in [0.5, 0.6) is 0 Å². The summed E-state index contributed by atoms with van der Waals surface area (Å²) in [5.74, 6) is 0.880. The number of imidazole rings is 1. The zero-order valence-corrected chi connectivity index (χ0v) is 20.6. The summed E-state index contributed by atoms with van der Waals surface area (Å²) in [4.78, 5) is 25.4. The van der Waals surface area contributed by atoms with E-state index in [-0.39, 0.29) is 11.7 Å². The van der Waals surface area contributed by atoms with Crippen molar-refractivity contribution >= 4 is 46.0 Å². The molecule has 4 rings (SSSR count). The van der Waals surface area contributed by atoms with Gasteiger partial charge in [-0.25, -0.2) is 19.7 Å². The summed E-state index contributed by atoms with van der Waals surface area (Å²) in [7, 11) is 0. The van der Waals surface area contributed by atoms with Gasteiger partial charge in [-0.1, -0.05) is 25.4 Å². The molecule has 194 valence electrons. The second kappa shape index (κ2) is 10.6. The van der Waals surface area contributed by atoms with Gasteiger partial charge in [0, 0.05) is 29.6 Å². The second-order valence-electron chi connectivity index (χ2n) is 8.62. The smallest absolute Gasteiger partial charge is 0.367 e. The van der Waals surface area contributed by atoms with E-state index in [1.165, 1.54) is 12.4 Å². The summed E-state index contributed by atoms with van der Waals surface area (Å²) < 4.78 is 40.9. The number of hydrogen-bond acceptors (Lipinski definition) is 6. The maximum atomic E-state index is 13.1. The van der Waals surface area contributed by atoms with Gasteiger partial charge in [0.25, 0.3) is 0 Å². The van der Waals surface area contributed by atoms with Crippen LogP contribution in [0.4, 0.5) is 35.2 Å². The maximum absolute atomic E-state index is 13.1. The number of nitrogens with zero attached hydrogens (tertiary/aromatic N) is 4. The minimum absolute atomic E-state index is 0.0456. The van der Waals surface area contributed by atoms with Crippen LogP contribution < -0.4 is 21.7 Å². The standard InChI is InChI=1S/C24H24ClF3N8O/c1-13(2)19(29)10-30-21-20-22(32-11-31-21)36(12-33-20)16-6-3-14(4-7-16)34-23(37)35-15-5-8-18(25)17(9-15)24(26,27)28/h3-9,11-13,19H,10,29H2,1-2H3,(H,30,31,32)(H2,34,35,37)/t19-/m0/s1. The summed E-state index contributed by atoms with van der Waals surface area (Å²) in [6.45, 7) is 4.62. The molecule has 2 amide bonds. The molecule has 4 aromatic rings. The lowest BCUT2D eigenvalue weighted by atomic mass is 10.1. The number of benzene rings is 2. The second-order valence-corrected chi connectivity index (χ2v) is 9.02. The van der Waals surface area contributed by atoms with E-state index in [1.54, 1.807) is 35.2 Å². The van der Waals surface area contributed by atoms with E-state index in [9.17, 15) is 18.0 Å². The Kier molecular flexibility index (Phi) is 7.50. The molecule has 0 spiro atoms. The molecule has 2 heterocycles. The molecule has 0 saturated heterocycles. The van der Waals surface area contributed by atoms with E-state index in [2.05, 4.69) is 30.9 Å². The molecule has 2 aromatic carbocycles. The van der Waals surface area contributed by atoms with Gasteiger partial charge in [0.05, 0.1) is 10.6 Å². The molecule has 9 nitrogen and oxygen atoms in total. The van der Waals surface area contributed by atoms with Gasteiger partial charge in [0.1, 0.15) is 12.7 Å². The predicted molar refractivity (Wildman–Crippen MR) is 137 cm³/mol. The van der Waals surface area contributed by atoms with Crippen LogP contribution in [-0.4, -0.2) is 38.1 Å². The van der Waals surface area contributed by atoms with Gasteiger partial charge in [-0.15, -0.1) is 0 Å². The molecule has 0 bridgehead atoms. The Balaban J connectivity index is 1.45. The fourth-order valence-corrected chi connectivity index (χ4v) is 3.65. The predicted octanol–water partition coefficient (Wildman–Crippen LogP) is 5.53. The Morgan fingerprint density at radius 3 is 2.41 bits per heavy atom. The van der Waals surface area contributed by atoms with Crippen LogP contribution in [0.2, 0.25) is 5.02 Å². The molecule has 0 aliphatic carbocycles. The Morgan fingerprint density at radius 2 is 1.73 bits per heavy atom. The normalized spacial score (nSPS) is 12.5. The quantitative estimate of drug-likeness (QED) is 0.248. The lowest BCUT2D eigenvalue weighted by molar-refractivity contribution is -0.137. The first kappa shape index (κ1) is 26.2. The Hall–Kier alpha value is -3.90. The highest BCUT2D eigenvalue weighted by atomic mass is 35.5. The lowest BCUT2D eigenvalue weighted by Gasteiger charge is -2.16. The average Bonchev–Trinajstić information content (AvgIpc) is 3.28. The number of nitrogens with one attached hydrogen (secondary N) is 3. The summed E-state index contributed by atoms with van der Waals surface area (Å²) in [5.41, 5.74) is 7.35. The number of nitrogens with two attached hydrogens (primary N) is 1. The van der Waals surface area contributed by atoms with Crippen LogP contribution in [0, 0.1) is 5.92 Å². The molecule has 2 aromatic heterocycles. The molecular formula is C24H24ClF3N8O. The monoisotopic (exact) mass is 532 g/mol. The van der Waals surface area contributed by atoms with E-state index >= 15 is 0 Å². The average molecular weight is 533 g/mol. The van der Waals surface area contributed by atoms with Crippen LogP contribution in [-0.2, 0) is 6.18 Å². The minimum Gasteiger partial charge on any atom is -0.367 e. The Morgan fingerprint density at radius 1 is 1.05 bits per heavy atom. The van der Waals surface area contributed by atoms with Crippen LogP contribution in [0.1, 0.15) is 19.4 Å². The number of rotatable bonds is 7. The van der Waals surface area contributed by atoms with Gasteiger partial charge in [-0.2, -0.15) is 13.2 Å². The third kappa shape index (κ3) is 6.09. The molecule has 0 aliphatic rings. The maximum Gasteiger partial charge on any atom is 0.417 e. The van der Waals surface area contributed by atoms with Gasteiger partial charge in [0.2, 0.25) is 0 Å². The highest BCUT2D eigenvalue weighted by molar-refractivity contribution is 6.31. The molecule has 5 N–H and O–H groups in total. The van der Waals surface area contributed by atoms with E-state index < -0.39 is 22.8 Å². The number of carbonyl (C=O) groups excluding carboxylic acids is 1. The summed E-state index contributed by atoms with van der Waals surface area (Å²) in [6.07, 6.45) is -1.59. The number of hydrogen-bond donors (Lipinski definition) is 4. The van der Waals surface area contributed by atoms with Crippen LogP contribution >= 0.6 is 11.6 Å². The number of aromatic nitrogens is 4. The largest absolute Gasteiger partial charge is 0.417 e. The number of urea groups is 1. The van der Waals surface area contributed by atoms with Crippen LogP contribution in [0.25, 0.3) is 16.9 Å². The number of halogens is 4. The Labute approximate surface area is 215 Å². The van der Waals surface area contributed by atoms with Crippen molar-refractivity contribution in [3.63, 3.8) is 0 Å². The van der Waals surface area contributed by atoms with E-state index in [1.807, 2.05) is 13.8 Å². The first-order chi connectivity index (χ1) is 17.5. The zero-order valence-electron chi connectivity index (χ0n) is 19.8. The van der Waals surface area contributed by atoms with Crippen molar-refractivity contribution < 1.29 is 18.0 Å². The highest BCUT2D eigenvalue weighted by Crippen LogP contribution is 2.36. The number of carbonyl (C=O) groups is 1. The van der Waals surface area contributed by atoms with E-state index in [4.69, 9.17) is 17.3 Å². The summed E-state index contributed by atoms with van der Waals surface area (Å²) in [5, 5.41) is 7.73. The van der Waals surface area contributed by atoms with E-state index in [0.717, 1.165) is 17.8 Å². The van der Waals surface area contributed by atoms with Crippen LogP contribution in [0.3, 0.4) is 0 Å². The van der Waals surface area contributed by atoms with Crippen molar-refractivity contribution in [1.29, 1.82) is 0 Å². The molecule has 0 fully saturated rings. The van der Waals surface area contributed by atoms with Gasteiger partial charge < -0.3 is 21.7 Å². The van der Waals surface area contributed by atoms with Gasteiger partial charge in [-0.05, 0) is 48.4 Å². The SMILES string of the molecule is CC(C)[C@@H](N)CNc1ncnc2c1ncn2-c1ccc(NC(=O)Nc2ccc(Cl)c(C(F)(F)F)c2)cc1. The lowest BCUT2D eigenvalue weighted by Crippen LogP contribution is -2.34. The first-order valence-corrected chi connectivity index (χ1v) is 11.6. The molecule has 37 heavy (non-hydrogen) atoms. The third-order valence-corrected chi connectivity index (χ3v) is 5.96. The first-order valence-electron chi connectivity index (χ1n) is 11.3. The van der Waals surface area contributed by atoms with Gasteiger partial charge >= 0.3 is 12.2 Å². The van der Waals surface area contributed by atoms with Crippen molar-refractivity contribution in [1.82, 2.24) is 19.5 Å². The zero-order chi connectivity index (χ0) is 26.7. The van der Waals surface area contributed by atoms with Crippen molar-refractivity contribution in [3.8, 4) is 5.69 Å². The van der Waals surface area contributed by atoms with E-state index in [0.29, 0.717) is 35.1 Å². The number of amides is 2. The number of anilines is 3. The third-order valence-electron chi connectivity index (χ3n) is 5.63. The van der Waals surface area contributed by atoms with Crippen molar-refractivity contribution in [2.24, 2.45) is 11.7 Å². The van der Waals surface area contributed by atoms with Crippen molar-refractivity contribution in [3.05, 3.63) is 65.7 Å². The van der Waals surface area contributed by atoms with Crippen molar-refractivity contribution in [2.75, 3.05) is 22.5 Å². The fraction of sp³-hybridized carbons (Fsp3) is 0.250. The Bertz CT molecular complexity index is 1410. The summed E-state index contributed by atoms with van der Waals surface area (Å²) >= 11 is 5.62. The number of alkyl halides is 3. The van der Waals surface area contributed by atoms with Crippen molar-refractivity contribution in [2.45, 2.75) is 26.1 Å². The summed E-state index contributed by atoms with van der Waals surface area (Å²) in [6, 6.07) is 9.15. The molecule has 0 unspecified atom stereocenters. The molecule has 13 heteroatoms. The molecule has 1 atom stereocenters. The number of fused-ring (bicyclic) bond motifs is 1. The van der Waals surface area contributed by atoms with Gasteiger partial charge in [0.15, 0.2) is 17.0 Å². The molecule has 0 aliphatic heterocycles.